The Morgan fingerprint density at radius 2 is 2.06 bits per heavy atom. The van der Waals surface area contributed by atoms with Crippen molar-refractivity contribution in [2.24, 2.45) is 0 Å². The van der Waals surface area contributed by atoms with Crippen molar-refractivity contribution in [1.29, 1.82) is 5.26 Å². The van der Waals surface area contributed by atoms with Gasteiger partial charge in [0.15, 0.2) is 0 Å². The van der Waals surface area contributed by atoms with Crippen molar-refractivity contribution in [1.82, 2.24) is 5.32 Å². The highest BCUT2D eigenvalue weighted by atomic mass is 16.3. The molecular weight excluding hydrogens is 200 g/mol. The molecule has 0 aliphatic rings. The van der Waals surface area contributed by atoms with E-state index < -0.39 is 6.10 Å². The van der Waals surface area contributed by atoms with Gasteiger partial charge in [0, 0.05) is 6.54 Å². The summed E-state index contributed by atoms with van der Waals surface area (Å²) < 4.78 is 0. The Kier molecular flexibility index (Phi) is 5.55. The monoisotopic (exact) mass is 218 g/mol. The second-order valence-corrected chi connectivity index (χ2v) is 3.81. The molecule has 0 aromatic heterocycles. The Morgan fingerprint density at radius 1 is 1.38 bits per heavy atom. The number of nitrogens with one attached hydrogen (secondary N) is 1. The summed E-state index contributed by atoms with van der Waals surface area (Å²) in [5.41, 5.74) is 1.47. The van der Waals surface area contributed by atoms with Crippen LogP contribution < -0.4 is 5.32 Å². The first-order chi connectivity index (χ1) is 7.77. The fraction of sp³-hybridized carbons (Fsp3) is 0.462. The van der Waals surface area contributed by atoms with E-state index in [0.717, 1.165) is 24.9 Å². The van der Waals surface area contributed by atoms with E-state index in [2.05, 4.69) is 18.3 Å². The third-order valence-corrected chi connectivity index (χ3v) is 2.47. The zero-order chi connectivity index (χ0) is 11.8. The van der Waals surface area contributed by atoms with Crippen molar-refractivity contribution in [2.75, 3.05) is 13.1 Å². The predicted octanol–water partition coefficient (Wildman–Crippen LogP) is 1.98. The maximum Gasteiger partial charge on any atom is 0.0991 e. The van der Waals surface area contributed by atoms with Gasteiger partial charge in [-0.3, -0.25) is 0 Å². The van der Waals surface area contributed by atoms with Crippen LogP contribution in [0.4, 0.5) is 0 Å². The predicted molar refractivity (Wildman–Crippen MR) is 63.9 cm³/mol. The first-order valence-corrected chi connectivity index (χ1v) is 5.66. The van der Waals surface area contributed by atoms with Crippen LogP contribution in [0.5, 0.6) is 0 Å². The minimum absolute atomic E-state index is 0.496. The second-order valence-electron chi connectivity index (χ2n) is 3.81. The molecule has 1 aromatic carbocycles. The lowest BCUT2D eigenvalue weighted by Crippen LogP contribution is -2.22. The lowest BCUT2D eigenvalue weighted by molar-refractivity contribution is 0.175. The summed E-state index contributed by atoms with van der Waals surface area (Å²) in [7, 11) is 0. The van der Waals surface area contributed by atoms with E-state index in [1.54, 1.807) is 24.3 Å². The van der Waals surface area contributed by atoms with Gasteiger partial charge in [0.2, 0.25) is 0 Å². The molecule has 1 rings (SSSR count). The minimum atomic E-state index is -0.496. The van der Waals surface area contributed by atoms with Crippen LogP contribution in [0, 0.1) is 11.3 Å². The van der Waals surface area contributed by atoms with Crippen molar-refractivity contribution in [3.63, 3.8) is 0 Å². The summed E-state index contributed by atoms with van der Waals surface area (Å²) >= 11 is 0. The van der Waals surface area contributed by atoms with Crippen LogP contribution in [-0.4, -0.2) is 18.2 Å². The zero-order valence-electron chi connectivity index (χ0n) is 9.61. The molecule has 0 fully saturated rings. The normalized spacial score (nSPS) is 12.1. The van der Waals surface area contributed by atoms with E-state index in [4.69, 9.17) is 5.26 Å². The molecule has 0 amide bonds. The lowest BCUT2D eigenvalue weighted by atomic mass is 10.1. The van der Waals surface area contributed by atoms with Gasteiger partial charge >= 0.3 is 0 Å². The Labute approximate surface area is 96.7 Å². The molecule has 1 atom stereocenters. The molecule has 0 radical (unpaired) electrons. The van der Waals surface area contributed by atoms with Crippen molar-refractivity contribution in [2.45, 2.75) is 25.9 Å². The van der Waals surface area contributed by atoms with Gasteiger partial charge in [0.05, 0.1) is 17.7 Å². The van der Waals surface area contributed by atoms with E-state index >= 15 is 0 Å². The molecule has 3 heteroatoms. The lowest BCUT2D eigenvalue weighted by Gasteiger charge is -2.11. The van der Waals surface area contributed by atoms with Gasteiger partial charge in [0.25, 0.3) is 0 Å². The van der Waals surface area contributed by atoms with Gasteiger partial charge in [-0.25, -0.2) is 0 Å². The number of aliphatic hydroxyl groups excluding tert-OH is 1. The van der Waals surface area contributed by atoms with Crippen LogP contribution >= 0.6 is 0 Å². The molecule has 0 bridgehead atoms. The van der Waals surface area contributed by atoms with Gasteiger partial charge in [-0.1, -0.05) is 25.5 Å². The minimum Gasteiger partial charge on any atom is -0.387 e. The van der Waals surface area contributed by atoms with E-state index in [1.807, 2.05) is 0 Å². The molecular formula is C13H18N2O. The van der Waals surface area contributed by atoms with Crippen LogP contribution in [0.3, 0.4) is 0 Å². The molecule has 0 saturated heterocycles. The fourth-order valence-electron chi connectivity index (χ4n) is 1.44. The van der Waals surface area contributed by atoms with Gasteiger partial charge in [-0.05, 0) is 30.7 Å². The van der Waals surface area contributed by atoms with E-state index in [9.17, 15) is 5.11 Å². The molecule has 0 heterocycles. The molecule has 1 unspecified atom stereocenters. The van der Waals surface area contributed by atoms with Gasteiger partial charge in [-0.2, -0.15) is 5.26 Å². The molecule has 1 aromatic rings. The molecule has 0 aliphatic carbocycles. The van der Waals surface area contributed by atoms with E-state index in [1.165, 1.54) is 0 Å². The summed E-state index contributed by atoms with van der Waals surface area (Å²) in [5.74, 6) is 0. The zero-order valence-corrected chi connectivity index (χ0v) is 9.61. The van der Waals surface area contributed by atoms with E-state index in [0.29, 0.717) is 12.1 Å². The molecule has 0 aliphatic heterocycles. The smallest absolute Gasteiger partial charge is 0.0991 e. The molecule has 16 heavy (non-hydrogen) atoms. The number of rotatable bonds is 6. The van der Waals surface area contributed by atoms with Crippen molar-refractivity contribution in [3.8, 4) is 6.07 Å². The third kappa shape index (κ3) is 4.01. The summed E-state index contributed by atoms with van der Waals surface area (Å²) in [6, 6.07) is 9.10. The van der Waals surface area contributed by atoms with Crippen molar-refractivity contribution < 1.29 is 5.11 Å². The number of nitriles is 1. The van der Waals surface area contributed by atoms with Crippen molar-refractivity contribution in [3.05, 3.63) is 35.4 Å². The van der Waals surface area contributed by atoms with Gasteiger partial charge < -0.3 is 10.4 Å². The van der Waals surface area contributed by atoms with Crippen LogP contribution in [0.15, 0.2) is 24.3 Å². The van der Waals surface area contributed by atoms with Crippen LogP contribution in [0.2, 0.25) is 0 Å². The number of benzene rings is 1. The number of nitrogens with zero attached hydrogens (tertiary/aromatic N) is 1. The quantitative estimate of drug-likeness (QED) is 0.718. The maximum atomic E-state index is 9.84. The highest BCUT2D eigenvalue weighted by Crippen LogP contribution is 2.12. The average molecular weight is 218 g/mol. The highest BCUT2D eigenvalue weighted by molar-refractivity contribution is 5.32. The number of hydrogen-bond donors (Lipinski definition) is 2. The second kappa shape index (κ2) is 7.00. The molecule has 86 valence electrons. The van der Waals surface area contributed by atoms with Crippen LogP contribution in [0.25, 0.3) is 0 Å². The number of hydrogen-bond acceptors (Lipinski definition) is 3. The Bertz CT molecular complexity index is 340. The third-order valence-electron chi connectivity index (χ3n) is 2.47. The number of unbranched alkanes of at least 4 members (excludes halogenated alkanes) is 1. The molecule has 0 saturated carbocycles. The maximum absolute atomic E-state index is 9.84. The van der Waals surface area contributed by atoms with Crippen LogP contribution in [-0.2, 0) is 0 Å². The first-order valence-electron chi connectivity index (χ1n) is 5.66. The van der Waals surface area contributed by atoms with Crippen molar-refractivity contribution >= 4 is 0 Å². The van der Waals surface area contributed by atoms with Gasteiger partial charge in [-0.15, -0.1) is 0 Å². The Balaban J connectivity index is 2.40. The standard InChI is InChI=1S/C13H18N2O/c1-2-3-8-15-10-13(16)12-6-4-11(9-14)5-7-12/h4-7,13,15-16H,2-3,8,10H2,1H3. The Hall–Kier alpha value is -1.37. The topological polar surface area (TPSA) is 56.0 Å². The fourth-order valence-corrected chi connectivity index (χ4v) is 1.44. The summed E-state index contributed by atoms with van der Waals surface area (Å²) in [6.45, 7) is 3.63. The number of aliphatic hydroxyl groups is 1. The van der Waals surface area contributed by atoms with E-state index in [-0.39, 0.29) is 0 Å². The molecule has 2 N–H and O–H groups in total. The molecule has 3 nitrogen and oxygen atoms in total. The average Bonchev–Trinajstić information content (AvgIpc) is 2.34. The van der Waals surface area contributed by atoms with Gasteiger partial charge in [0.1, 0.15) is 0 Å². The molecule has 0 spiro atoms. The summed E-state index contributed by atoms with van der Waals surface area (Å²) in [5, 5.41) is 21.7. The Morgan fingerprint density at radius 3 is 2.62 bits per heavy atom. The highest BCUT2D eigenvalue weighted by Gasteiger charge is 2.06. The van der Waals surface area contributed by atoms with Crippen LogP contribution in [0.1, 0.15) is 37.0 Å². The SMILES string of the molecule is CCCCNCC(O)c1ccc(C#N)cc1. The summed E-state index contributed by atoms with van der Waals surface area (Å²) in [4.78, 5) is 0. The first kappa shape index (κ1) is 12.7. The summed E-state index contributed by atoms with van der Waals surface area (Å²) in [6.07, 6.45) is 1.78. The largest absolute Gasteiger partial charge is 0.387 e.